The van der Waals surface area contributed by atoms with Crippen LogP contribution in [0.2, 0.25) is 0 Å². The molecule has 1 N–H and O–H groups in total. The van der Waals surface area contributed by atoms with Gasteiger partial charge in [0.15, 0.2) is 0 Å². The summed E-state index contributed by atoms with van der Waals surface area (Å²) in [6.45, 7) is -1.32. The van der Waals surface area contributed by atoms with Crippen molar-refractivity contribution in [1.82, 2.24) is 10.2 Å². The summed E-state index contributed by atoms with van der Waals surface area (Å²) in [4.78, 5) is 28.1. The number of nitrogens with one attached hydrogen (secondary N) is 1. The van der Waals surface area contributed by atoms with E-state index in [4.69, 9.17) is 9.26 Å². The molecular weight excluding hydrogens is 495 g/mol. The van der Waals surface area contributed by atoms with Crippen LogP contribution in [-0.2, 0) is 20.7 Å². The van der Waals surface area contributed by atoms with Gasteiger partial charge in [0.2, 0.25) is 5.91 Å². The minimum Gasteiger partial charge on any atom is -0.445 e. The number of hydrogen-bond donors (Lipinski definition) is 1. The van der Waals surface area contributed by atoms with E-state index in [9.17, 15) is 14.2 Å². The third kappa shape index (κ3) is 6.71. The highest BCUT2D eigenvalue weighted by atomic mass is 32.7. The lowest BCUT2D eigenvalue weighted by atomic mass is 10.2. The van der Waals surface area contributed by atoms with Crippen LogP contribution in [0.3, 0.4) is 0 Å². The van der Waals surface area contributed by atoms with Crippen LogP contribution in [0.5, 0.6) is 5.75 Å². The molecule has 9 heteroatoms. The summed E-state index contributed by atoms with van der Waals surface area (Å²) in [5, 5.41) is 2.61. The summed E-state index contributed by atoms with van der Waals surface area (Å²) >= 11 is 1.16. The number of amides is 2. The van der Waals surface area contributed by atoms with E-state index in [1.165, 1.54) is 0 Å². The number of benzene rings is 3. The third-order valence-corrected chi connectivity index (χ3v) is 10.6. The minimum absolute atomic E-state index is 0.105. The van der Waals surface area contributed by atoms with Crippen molar-refractivity contribution in [2.45, 2.75) is 43.1 Å². The van der Waals surface area contributed by atoms with Crippen molar-refractivity contribution >= 4 is 30.0 Å². The molecule has 1 aliphatic heterocycles. The first-order valence-corrected chi connectivity index (χ1v) is 14.9. The van der Waals surface area contributed by atoms with Gasteiger partial charge in [-0.1, -0.05) is 66.7 Å². The van der Waals surface area contributed by atoms with E-state index in [1.807, 2.05) is 78.9 Å². The minimum atomic E-state index is -3.47. The van der Waals surface area contributed by atoms with Crippen molar-refractivity contribution in [2.75, 3.05) is 6.54 Å². The predicted molar refractivity (Wildman–Crippen MR) is 141 cm³/mol. The van der Waals surface area contributed by atoms with Gasteiger partial charge in [-0.3, -0.25) is 9.36 Å². The van der Waals surface area contributed by atoms with E-state index in [2.05, 4.69) is 5.32 Å². The van der Waals surface area contributed by atoms with Gasteiger partial charge in [-0.2, -0.15) is 0 Å². The second-order valence-corrected chi connectivity index (χ2v) is 13.0. The maximum atomic E-state index is 14.4. The Morgan fingerprint density at radius 2 is 1.61 bits per heavy atom. The molecular formula is C27H29N2O5PS. The molecule has 0 spiro atoms. The Morgan fingerprint density at radius 1 is 1.00 bits per heavy atom. The van der Waals surface area contributed by atoms with Crippen LogP contribution in [0.4, 0.5) is 4.79 Å². The molecule has 188 valence electrons. The molecule has 3 atom stereocenters. The van der Waals surface area contributed by atoms with Gasteiger partial charge >= 0.3 is 12.7 Å². The first kappa shape index (κ1) is 25.9. The van der Waals surface area contributed by atoms with E-state index in [1.54, 1.807) is 24.0 Å². The van der Waals surface area contributed by atoms with Crippen molar-refractivity contribution in [1.29, 1.82) is 0 Å². The van der Waals surface area contributed by atoms with Gasteiger partial charge in [0.05, 0.1) is 0 Å². The quantitative estimate of drug-likeness (QED) is 0.330. The zero-order chi connectivity index (χ0) is 25.4. The van der Waals surface area contributed by atoms with Crippen molar-refractivity contribution in [3.8, 4) is 5.75 Å². The molecule has 1 heterocycles. The second kappa shape index (κ2) is 12.2. The number of hydrogen-bond acceptors (Lipinski definition) is 6. The lowest BCUT2D eigenvalue weighted by Crippen LogP contribution is -2.48. The Kier molecular flexibility index (Phi) is 8.73. The maximum Gasteiger partial charge on any atom is 0.408 e. The van der Waals surface area contributed by atoms with Gasteiger partial charge < -0.3 is 19.5 Å². The molecule has 0 aromatic heterocycles. The van der Waals surface area contributed by atoms with Crippen LogP contribution in [-0.4, -0.2) is 35.3 Å². The van der Waals surface area contributed by atoms with Crippen LogP contribution >= 0.6 is 18.0 Å². The maximum absolute atomic E-state index is 14.4. The average Bonchev–Trinajstić information content (AvgIpc) is 3.40. The largest absolute Gasteiger partial charge is 0.445 e. The smallest absolute Gasteiger partial charge is 0.408 e. The van der Waals surface area contributed by atoms with E-state index >= 15 is 0 Å². The van der Waals surface area contributed by atoms with Gasteiger partial charge in [-0.25, -0.2) is 4.79 Å². The van der Waals surface area contributed by atoms with Gasteiger partial charge in [-0.15, -0.1) is 0 Å². The van der Waals surface area contributed by atoms with Crippen molar-refractivity contribution in [3.05, 3.63) is 96.6 Å². The summed E-state index contributed by atoms with van der Waals surface area (Å²) in [6, 6.07) is 26.9. The van der Waals surface area contributed by atoms with Crippen LogP contribution in [0.1, 0.15) is 25.3 Å². The van der Waals surface area contributed by atoms with E-state index in [0.29, 0.717) is 25.1 Å². The number of ether oxygens (including phenoxy) is 1. The molecule has 0 aliphatic carbocycles. The normalized spacial score (nSPS) is 17.6. The van der Waals surface area contributed by atoms with Gasteiger partial charge in [0.25, 0.3) is 0 Å². The van der Waals surface area contributed by atoms with Crippen LogP contribution < -0.4 is 9.84 Å². The third-order valence-electron chi connectivity index (χ3n) is 5.74. The lowest BCUT2D eigenvalue weighted by molar-refractivity contribution is -0.132. The van der Waals surface area contributed by atoms with Crippen molar-refractivity contribution < 1.29 is 23.4 Å². The molecule has 3 aromatic carbocycles. The number of likely N-dealkylation sites (tertiary alicyclic amines) is 1. The number of alkyl carbamates (subject to hydrolysis) is 1. The Bertz CT molecular complexity index is 1150. The fraction of sp³-hybridized carbons (Fsp3) is 0.259. The molecule has 7 nitrogen and oxygen atoms in total. The molecule has 0 radical (unpaired) electrons. The summed E-state index contributed by atoms with van der Waals surface area (Å²) in [7, 11) is 0. The zero-order valence-electron chi connectivity index (χ0n) is 20.0. The molecule has 1 saturated heterocycles. The van der Waals surface area contributed by atoms with Crippen LogP contribution in [0.15, 0.2) is 95.9 Å². The number of nitrogens with zero attached hydrogens (tertiary/aromatic N) is 1. The Hall–Kier alpha value is -3.22. The van der Waals surface area contributed by atoms with Crippen LogP contribution in [0, 0.1) is 0 Å². The highest BCUT2D eigenvalue weighted by Gasteiger charge is 2.46. The molecule has 1 aliphatic rings. The van der Waals surface area contributed by atoms with Gasteiger partial charge in [0.1, 0.15) is 24.2 Å². The average molecular weight is 525 g/mol. The molecule has 0 saturated carbocycles. The molecule has 2 amide bonds. The van der Waals surface area contributed by atoms with Crippen molar-refractivity contribution in [3.63, 3.8) is 0 Å². The second-order valence-electron chi connectivity index (χ2n) is 8.43. The molecule has 1 fully saturated rings. The Balaban J connectivity index is 1.47. The predicted octanol–water partition coefficient (Wildman–Crippen LogP) is 6.31. The Morgan fingerprint density at radius 3 is 2.28 bits per heavy atom. The molecule has 3 unspecified atom stereocenters. The van der Waals surface area contributed by atoms with E-state index < -0.39 is 24.5 Å². The summed E-state index contributed by atoms with van der Waals surface area (Å²) in [5.41, 5.74) is 0.850. The number of rotatable bonds is 9. The topological polar surface area (TPSA) is 84.9 Å². The highest BCUT2D eigenvalue weighted by molar-refractivity contribution is 8.56. The number of carbonyl (C=O) groups is 2. The summed E-state index contributed by atoms with van der Waals surface area (Å²) in [5.74, 6) is -0.459. The number of carbonyl (C=O) groups excluding carboxylic acids is 2. The number of para-hydroxylation sites is 1. The lowest BCUT2D eigenvalue weighted by Gasteiger charge is -2.32. The molecule has 4 rings (SSSR count). The summed E-state index contributed by atoms with van der Waals surface area (Å²) < 4.78 is 25.8. The Labute approximate surface area is 215 Å². The highest BCUT2D eigenvalue weighted by Crippen LogP contribution is 2.68. The molecule has 3 aromatic rings. The van der Waals surface area contributed by atoms with Gasteiger partial charge in [0, 0.05) is 11.4 Å². The fourth-order valence-corrected chi connectivity index (χ4v) is 8.96. The molecule has 0 bridgehead atoms. The first-order chi connectivity index (χ1) is 17.4. The first-order valence-electron chi connectivity index (χ1n) is 11.8. The standard InChI is InChI=1S/C27H29N2O5PS/c1-21(28-27(31)33-20-22-12-5-2-6-13-22)26(30)29-19-11-18-25(29)35(32,34-23-14-7-3-8-15-23)36-24-16-9-4-10-17-24/h2-10,12-17,21,25H,11,18-20H2,1H3,(H,28,31). The van der Waals surface area contributed by atoms with Gasteiger partial charge in [-0.05, 0) is 61.0 Å². The zero-order valence-corrected chi connectivity index (χ0v) is 21.7. The summed E-state index contributed by atoms with van der Waals surface area (Å²) in [6.07, 6.45) is 0.553. The molecule has 36 heavy (non-hydrogen) atoms. The SMILES string of the molecule is CC(NC(=O)OCc1ccccc1)C(=O)N1CCCC1P(=O)(Oc1ccccc1)Sc1ccccc1. The van der Waals surface area contributed by atoms with Crippen molar-refractivity contribution in [2.24, 2.45) is 0 Å². The van der Waals surface area contributed by atoms with Crippen LogP contribution in [0.25, 0.3) is 0 Å². The monoisotopic (exact) mass is 524 g/mol. The fourth-order valence-electron chi connectivity index (χ4n) is 3.98. The van der Waals surface area contributed by atoms with E-state index in [-0.39, 0.29) is 12.5 Å². The van der Waals surface area contributed by atoms with E-state index in [0.717, 1.165) is 21.8 Å².